The summed E-state index contributed by atoms with van der Waals surface area (Å²) in [6.45, 7) is 0.184. The predicted octanol–water partition coefficient (Wildman–Crippen LogP) is 3.40. The number of aliphatic carboxylic acids is 1. The Bertz CT molecular complexity index is 513. The number of carbonyl (C=O) groups is 1. The lowest BCUT2D eigenvalue weighted by molar-refractivity contribution is -0.155. The average molecular weight is 292 g/mol. The molecule has 2 atom stereocenters. The number of carboxylic acid groups (broad SMARTS) is 1. The molecule has 1 aromatic carbocycles. The molecule has 1 saturated heterocycles. The van der Waals surface area contributed by atoms with Crippen LogP contribution in [-0.2, 0) is 15.7 Å². The minimum absolute atomic E-state index is 0.184. The van der Waals surface area contributed by atoms with Crippen LogP contribution in [0.25, 0.3) is 0 Å². The van der Waals surface area contributed by atoms with Crippen molar-refractivity contribution in [3.63, 3.8) is 0 Å². The fourth-order valence-corrected chi connectivity index (χ4v) is 2.36. The highest BCUT2D eigenvalue weighted by Crippen LogP contribution is 2.41. The SMILES string of the molecule is O=C(O)C1CCCOC1c1ccc(F)cc1C(F)(F)F. The summed E-state index contributed by atoms with van der Waals surface area (Å²) in [6.07, 6.45) is -5.27. The van der Waals surface area contributed by atoms with Gasteiger partial charge in [-0.05, 0) is 30.5 Å². The van der Waals surface area contributed by atoms with Gasteiger partial charge in [-0.1, -0.05) is 6.07 Å². The Morgan fingerprint density at radius 1 is 1.35 bits per heavy atom. The van der Waals surface area contributed by atoms with Gasteiger partial charge in [-0.2, -0.15) is 13.2 Å². The van der Waals surface area contributed by atoms with Crippen molar-refractivity contribution in [2.24, 2.45) is 5.92 Å². The molecule has 7 heteroatoms. The predicted molar refractivity (Wildman–Crippen MR) is 60.5 cm³/mol. The molecule has 1 aromatic rings. The Morgan fingerprint density at radius 2 is 2.05 bits per heavy atom. The van der Waals surface area contributed by atoms with E-state index in [2.05, 4.69) is 0 Å². The number of ether oxygens (including phenoxy) is 1. The van der Waals surface area contributed by atoms with Gasteiger partial charge in [0.2, 0.25) is 0 Å². The third-order valence-electron chi connectivity index (χ3n) is 3.27. The van der Waals surface area contributed by atoms with Crippen molar-refractivity contribution in [3.8, 4) is 0 Å². The minimum Gasteiger partial charge on any atom is -0.481 e. The molecule has 20 heavy (non-hydrogen) atoms. The maximum atomic E-state index is 13.0. The van der Waals surface area contributed by atoms with E-state index in [9.17, 15) is 22.4 Å². The standard InChI is InChI=1S/C13H12F4O3/c14-7-3-4-8(10(6-7)13(15,16)17)11-9(12(18)19)2-1-5-20-11/h3-4,6,9,11H,1-2,5H2,(H,18,19). The number of halogens is 4. The first-order chi connectivity index (χ1) is 9.30. The third-order valence-corrected chi connectivity index (χ3v) is 3.27. The smallest absolute Gasteiger partial charge is 0.416 e. The van der Waals surface area contributed by atoms with Crippen LogP contribution in [-0.4, -0.2) is 17.7 Å². The number of benzene rings is 1. The molecule has 2 rings (SSSR count). The monoisotopic (exact) mass is 292 g/mol. The zero-order chi connectivity index (χ0) is 14.9. The van der Waals surface area contributed by atoms with Gasteiger partial charge in [0.1, 0.15) is 5.82 Å². The number of rotatable bonds is 2. The third kappa shape index (κ3) is 2.92. The van der Waals surface area contributed by atoms with Gasteiger partial charge in [0, 0.05) is 6.61 Å². The summed E-state index contributed by atoms with van der Waals surface area (Å²) in [5.41, 5.74) is -1.51. The summed E-state index contributed by atoms with van der Waals surface area (Å²) in [7, 11) is 0. The second kappa shape index (κ2) is 5.40. The first-order valence-corrected chi connectivity index (χ1v) is 6.02. The molecule has 1 heterocycles. The molecule has 0 radical (unpaired) electrons. The summed E-state index contributed by atoms with van der Waals surface area (Å²) in [5, 5.41) is 9.08. The summed E-state index contributed by atoms with van der Waals surface area (Å²) >= 11 is 0. The lowest BCUT2D eigenvalue weighted by Crippen LogP contribution is -2.30. The number of hydrogen-bond donors (Lipinski definition) is 1. The number of carboxylic acids is 1. The summed E-state index contributed by atoms with van der Waals surface area (Å²) in [6, 6.07) is 2.19. The fraction of sp³-hybridized carbons (Fsp3) is 0.462. The van der Waals surface area contributed by atoms with Gasteiger partial charge in [-0.3, -0.25) is 4.79 Å². The van der Waals surface area contributed by atoms with Gasteiger partial charge in [0.25, 0.3) is 0 Å². The quantitative estimate of drug-likeness (QED) is 0.850. The number of alkyl halides is 3. The summed E-state index contributed by atoms with van der Waals surface area (Å²) in [5.74, 6) is -3.30. The van der Waals surface area contributed by atoms with Crippen LogP contribution in [0, 0.1) is 11.7 Å². The molecule has 1 fully saturated rings. The molecule has 2 unspecified atom stereocenters. The van der Waals surface area contributed by atoms with Gasteiger partial charge >= 0.3 is 12.1 Å². The van der Waals surface area contributed by atoms with Crippen LogP contribution in [0.5, 0.6) is 0 Å². The molecular formula is C13H12F4O3. The largest absolute Gasteiger partial charge is 0.481 e. The molecule has 1 N–H and O–H groups in total. The van der Waals surface area contributed by atoms with Crippen molar-refractivity contribution in [1.29, 1.82) is 0 Å². The highest BCUT2D eigenvalue weighted by atomic mass is 19.4. The van der Waals surface area contributed by atoms with Crippen molar-refractivity contribution in [3.05, 3.63) is 35.1 Å². The fourth-order valence-electron chi connectivity index (χ4n) is 2.36. The van der Waals surface area contributed by atoms with Crippen LogP contribution in [0.1, 0.15) is 30.1 Å². The number of hydrogen-bond acceptors (Lipinski definition) is 2. The van der Waals surface area contributed by atoms with Crippen molar-refractivity contribution in [2.45, 2.75) is 25.1 Å². The first kappa shape index (κ1) is 14.8. The van der Waals surface area contributed by atoms with E-state index in [1.54, 1.807) is 0 Å². The second-order valence-corrected chi connectivity index (χ2v) is 4.61. The first-order valence-electron chi connectivity index (χ1n) is 6.02. The normalized spacial score (nSPS) is 23.6. The highest BCUT2D eigenvalue weighted by molar-refractivity contribution is 5.71. The zero-order valence-electron chi connectivity index (χ0n) is 10.3. The van der Waals surface area contributed by atoms with E-state index < -0.39 is 35.5 Å². The van der Waals surface area contributed by atoms with Gasteiger partial charge in [-0.15, -0.1) is 0 Å². The van der Waals surface area contributed by atoms with E-state index in [1.165, 1.54) is 0 Å². The molecule has 3 nitrogen and oxygen atoms in total. The van der Waals surface area contributed by atoms with Crippen molar-refractivity contribution in [1.82, 2.24) is 0 Å². The molecule has 1 aliphatic rings. The Kier molecular flexibility index (Phi) is 3.99. The molecule has 0 spiro atoms. The van der Waals surface area contributed by atoms with Gasteiger partial charge in [0.15, 0.2) is 0 Å². The van der Waals surface area contributed by atoms with Gasteiger partial charge in [-0.25, -0.2) is 4.39 Å². The van der Waals surface area contributed by atoms with E-state index in [0.29, 0.717) is 12.5 Å². The summed E-state index contributed by atoms with van der Waals surface area (Å²) in [4.78, 5) is 11.1. The van der Waals surface area contributed by atoms with Crippen LogP contribution < -0.4 is 0 Å². The molecule has 0 amide bonds. The van der Waals surface area contributed by atoms with E-state index in [4.69, 9.17) is 9.84 Å². The van der Waals surface area contributed by atoms with Crippen LogP contribution in [0.4, 0.5) is 17.6 Å². The molecule has 0 saturated carbocycles. The Hall–Kier alpha value is -1.63. The average Bonchev–Trinajstić information content (AvgIpc) is 2.37. The highest BCUT2D eigenvalue weighted by Gasteiger charge is 2.40. The van der Waals surface area contributed by atoms with E-state index in [1.807, 2.05) is 0 Å². The van der Waals surface area contributed by atoms with Gasteiger partial charge in [0.05, 0.1) is 17.6 Å². The van der Waals surface area contributed by atoms with Crippen LogP contribution in [0.3, 0.4) is 0 Å². The lowest BCUT2D eigenvalue weighted by atomic mass is 9.87. The van der Waals surface area contributed by atoms with Crippen molar-refractivity contribution >= 4 is 5.97 Å². The molecule has 0 aromatic heterocycles. The second-order valence-electron chi connectivity index (χ2n) is 4.61. The Balaban J connectivity index is 2.47. The zero-order valence-corrected chi connectivity index (χ0v) is 10.3. The summed E-state index contributed by atoms with van der Waals surface area (Å²) < 4.78 is 57.1. The minimum atomic E-state index is -4.76. The van der Waals surface area contributed by atoms with Crippen molar-refractivity contribution < 1.29 is 32.2 Å². The van der Waals surface area contributed by atoms with Crippen molar-refractivity contribution in [2.75, 3.05) is 6.61 Å². The molecule has 110 valence electrons. The Morgan fingerprint density at radius 3 is 2.65 bits per heavy atom. The van der Waals surface area contributed by atoms with E-state index in [-0.39, 0.29) is 18.6 Å². The maximum absolute atomic E-state index is 13.0. The van der Waals surface area contributed by atoms with Gasteiger partial charge < -0.3 is 9.84 Å². The lowest BCUT2D eigenvalue weighted by Gasteiger charge is -2.31. The van der Waals surface area contributed by atoms with Crippen LogP contribution in [0.15, 0.2) is 18.2 Å². The Labute approximate surface area is 112 Å². The molecule has 0 bridgehead atoms. The topological polar surface area (TPSA) is 46.5 Å². The maximum Gasteiger partial charge on any atom is 0.416 e. The van der Waals surface area contributed by atoms with Crippen LogP contribution >= 0.6 is 0 Å². The molecular weight excluding hydrogens is 280 g/mol. The van der Waals surface area contributed by atoms with E-state index in [0.717, 1.165) is 12.1 Å². The van der Waals surface area contributed by atoms with Crippen LogP contribution in [0.2, 0.25) is 0 Å². The molecule has 0 aliphatic carbocycles. The van der Waals surface area contributed by atoms with E-state index >= 15 is 0 Å². The molecule has 1 aliphatic heterocycles.